The molecule has 6 heteroatoms. The fourth-order valence-corrected chi connectivity index (χ4v) is 3.76. The van der Waals surface area contributed by atoms with Crippen LogP contribution in [0, 0.1) is 17.8 Å². The molecule has 0 aliphatic heterocycles. The molecule has 0 heterocycles. The van der Waals surface area contributed by atoms with Gasteiger partial charge in [-0.15, -0.1) is 0 Å². The Balaban J connectivity index is 1.99. The third-order valence-electron chi connectivity index (χ3n) is 5.18. The molecule has 0 radical (unpaired) electrons. The van der Waals surface area contributed by atoms with Crippen molar-refractivity contribution in [1.82, 2.24) is 0 Å². The van der Waals surface area contributed by atoms with Gasteiger partial charge in [-0.2, -0.15) is 0 Å². The molecule has 2 amide bonds. The van der Waals surface area contributed by atoms with E-state index in [1.165, 1.54) is 20.5 Å². The topological polar surface area (TPSA) is 76.7 Å². The smallest absolute Gasteiger partial charge is 0.250 e. The lowest BCUT2D eigenvalue weighted by Gasteiger charge is -2.37. The third kappa shape index (κ3) is 6.24. The summed E-state index contributed by atoms with van der Waals surface area (Å²) in [6.45, 7) is 8.12. The van der Waals surface area contributed by atoms with E-state index in [4.69, 9.17) is 9.47 Å². The minimum Gasteiger partial charge on any atom is -0.495 e. The van der Waals surface area contributed by atoms with Crippen molar-refractivity contribution in [1.29, 1.82) is 0 Å². The molecule has 0 saturated heterocycles. The number of hydrogen-bond acceptors (Lipinski definition) is 4. The summed E-state index contributed by atoms with van der Waals surface area (Å²) in [5.41, 5.74) is 1.11. The van der Waals surface area contributed by atoms with E-state index < -0.39 is 0 Å². The van der Waals surface area contributed by atoms with E-state index in [1.807, 2.05) is 0 Å². The molecule has 150 valence electrons. The Morgan fingerprint density at radius 2 is 1.96 bits per heavy atom. The van der Waals surface area contributed by atoms with E-state index in [1.54, 1.807) is 18.2 Å². The van der Waals surface area contributed by atoms with Gasteiger partial charge in [0.05, 0.1) is 18.9 Å². The summed E-state index contributed by atoms with van der Waals surface area (Å²) in [5, 5.41) is 5.53. The highest BCUT2D eigenvalue weighted by Crippen LogP contribution is 2.35. The van der Waals surface area contributed by atoms with E-state index >= 15 is 0 Å². The molecule has 2 N–H and O–H groups in total. The van der Waals surface area contributed by atoms with Crippen molar-refractivity contribution >= 4 is 23.2 Å². The average Bonchev–Trinajstić information content (AvgIpc) is 2.59. The Kier molecular flexibility index (Phi) is 7.66. The lowest BCUT2D eigenvalue weighted by molar-refractivity contribution is -0.126. The van der Waals surface area contributed by atoms with Gasteiger partial charge in [0.15, 0.2) is 0 Å². The maximum absolute atomic E-state index is 12.4. The minimum atomic E-state index is -0.228. The summed E-state index contributed by atoms with van der Waals surface area (Å²) >= 11 is 0. The first-order chi connectivity index (χ1) is 12.8. The van der Waals surface area contributed by atoms with E-state index in [9.17, 15) is 9.59 Å². The molecule has 0 unspecified atom stereocenters. The summed E-state index contributed by atoms with van der Waals surface area (Å²) in [4.78, 5) is 23.7. The fraction of sp³-hybridized carbons (Fsp3) is 0.619. The van der Waals surface area contributed by atoms with Crippen LogP contribution in [0.4, 0.5) is 11.4 Å². The highest BCUT2D eigenvalue weighted by molar-refractivity contribution is 5.95. The average molecular weight is 376 g/mol. The minimum absolute atomic E-state index is 0.00806. The number of benzene rings is 1. The third-order valence-corrected chi connectivity index (χ3v) is 5.18. The Labute approximate surface area is 162 Å². The molecule has 1 aliphatic rings. The molecule has 2 rings (SSSR count). The second-order valence-electron chi connectivity index (χ2n) is 7.82. The number of hydrogen-bond donors (Lipinski definition) is 2. The second-order valence-corrected chi connectivity index (χ2v) is 7.82. The predicted molar refractivity (Wildman–Crippen MR) is 107 cm³/mol. The largest absolute Gasteiger partial charge is 0.495 e. The van der Waals surface area contributed by atoms with Gasteiger partial charge in [-0.05, 0) is 48.8 Å². The van der Waals surface area contributed by atoms with Gasteiger partial charge in [0.2, 0.25) is 11.8 Å². The van der Waals surface area contributed by atoms with E-state index in [2.05, 4.69) is 31.4 Å². The van der Waals surface area contributed by atoms with Crippen LogP contribution in [-0.4, -0.2) is 31.6 Å². The van der Waals surface area contributed by atoms with Crippen LogP contribution in [0.2, 0.25) is 0 Å². The summed E-state index contributed by atoms with van der Waals surface area (Å²) in [6.07, 6.45) is 3.49. The van der Waals surface area contributed by atoms with Crippen molar-refractivity contribution in [3.8, 4) is 5.75 Å². The monoisotopic (exact) mass is 376 g/mol. The molecule has 3 atom stereocenters. The highest BCUT2D eigenvalue weighted by Gasteiger charge is 2.31. The van der Waals surface area contributed by atoms with Gasteiger partial charge in [0.1, 0.15) is 12.4 Å². The van der Waals surface area contributed by atoms with Gasteiger partial charge in [-0.1, -0.05) is 27.2 Å². The van der Waals surface area contributed by atoms with Gasteiger partial charge >= 0.3 is 0 Å². The molecule has 1 fully saturated rings. The molecule has 1 aromatic rings. The number of nitrogens with one attached hydrogen (secondary N) is 2. The van der Waals surface area contributed by atoms with Crippen LogP contribution >= 0.6 is 0 Å². The van der Waals surface area contributed by atoms with Crippen molar-refractivity contribution in [3.63, 3.8) is 0 Å². The second kappa shape index (κ2) is 9.74. The first-order valence-corrected chi connectivity index (χ1v) is 9.67. The summed E-state index contributed by atoms with van der Waals surface area (Å²) in [5.74, 6) is 1.79. The maximum atomic E-state index is 12.4. The van der Waals surface area contributed by atoms with Crippen LogP contribution in [0.15, 0.2) is 18.2 Å². The number of methoxy groups -OCH3 is 1. The fourth-order valence-electron chi connectivity index (χ4n) is 3.76. The van der Waals surface area contributed by atoms with Crippen LogP contribution < -0.4 is 15.4 Å². The van der Waals surface area contributed by atoms with Crippen molar-refractivity contribution < 1.29 is 19.1 Å². The van der Waals surface area contributed by atoms with Gasteiger partial charge in [0.25, 0.3) is 0 Å². The van der Waals surface area contributed by atoms with Gasteiger partial charge in [0, 0.05) is 12.6 Å². The van der Waals surface area contributed by atoms with E-state index in [0.717, 1.165) is 12.8 Å². The van der Waals surface area contributed by atoms with Crippen molar-refractivity contribution in [2.75, 3.05) is 24.4 Å². The molecule has 0 bridgehead atoms. The molecular weight excluding hydrogens is 344 g/mol. The SMILES string of the molecule is COc1ccc(NC(C)=O)cc1NC(=O)CO[C@@H]1C[C@@H](C)CC[C@H]1C(C)C. The number of carbonyl (C=O) groups is 2. The quantitative estimate of drug-likeness (QED) is 0.752. The van der Waals surface area contributed by atoms with Crippen LogP contribution in [0.3, 0.4) is 0 Å². The lowest BCUT2D eigenvalue weighted by Crippen LogP contribution is -2.36. The Hall–Kier alpha value is -2.08. The number of rotatable bonds is 7. The summed E-state index contributed by atoms with van der Waals surface area (Å²) in [6, 6.07) is 5.11. The Morgan fingerprint density at radius 1 is 1.22 bits per heavy atom. The van der Waals surface area contributed by atoms with E-state index in [-0.39, 0.29) is 24.5 Å². The molecular formula is C21H32N2O4. The summed E-state index contributed by atoms with van der Waals surface area (Å²) in [7, 11) is 1.54. The molecule has 0 spiro atoms. The number of ether oxygens (including phenoxy) is 2. The van der Waals surface area contributed by atoms with Crippen LogP contribution in [0.1, 0.15) is 47.0 Å². The summed E-state index contributed by atoms with van der Waals surface area (Å²) < 4.78 is 11.3. The first kappa shape index (κ1) is 21.2. The first-order valence-electron chi connectivity index (χ1n) is 9.67. The van der Waals surface area contributed by atoms with Crippen LogP contribution in [0.25, 0.3) is 0 Å². The van der Waals surface area contributed by atoms with Crippen molar-refractivity contribution in [2.24, 2.45) is 17.8 Å². The zero-order valence-electron chi connectivity index (χ0n) is 17.0. The standard InChI is InChI=1S/C21H32N2O4/c1-13(2)17-8-6-14(3)10-20(17)27-12-21(25)23-18-11-16(22-15(4)24)7-9-19(18)26-5/h7,9,11,13-14,17,20H,6,8,10,12H2,1-5H3,(H,22,24)(H,23,25)/t14-,17-,20+/m0/s1. The molecule has 0 aromatic heterocycles. The van der Waals surface area contributed by atoms with Gasteiger partial charge in [-0.3, -0.25) is 9.59 Å². The molecule has 27 heavy (non-hydrogen) atoms. The maximum Gasteiger partial charge on any atom is 0.250 e. The zero-order chi connectivity index (χ0) is 20.0. The number of carbonyl (C=O) groups excluding carboxylic acids is 2. The van der Waals surface area contributed by atoms with Crippen LogP contribution in [-0.2, 0) is 14.3 Å². The predicted octanol–water partition coefficient (Wildman–Crippen LogP) is 4.07. The number of amides is 2. The Bertz CT molecular complexity index is 660. The van der Waals surface area contributed by atoms with Crippen molar-refractivity contribution in [2.45, 2.75) is 53.1 Å². The zero-order valence-corrected chi connectivity index (χ0v) is 17.0. The molecule has 1 aromatic carbocycles. The molecule has 6 nitrogen and oxygen atoms in total. The highest BCUT2D eigenvalue weighted by atomic mass is 16.5. The normalized spacial score (nSPS) is 22.4. The molecule has 1 saturated carbocycles. The molecule has 1 aliphatic carbocycles. The Morgan fingerprint density at radius 3 is 2.59 bits per heavy atom. The van der Waals surface area contributed by atoms with Crippen molar-refractivity contribution in [3.05, 3.63) is 18.2 Å². The van der Waals surface area contributed by atoms with Gasteiger partial charge < -0.3 is 20.1 Å². The van der Waals surface area contributed by atoms with Crippen LogP contribution in [0.5, 0.6) is 5.75 Å². The lowest BCUT2D eigenvalue weighted by atomic mass is 9.75. The van der Waals surface area contributed by atoms with Gasteiger partial charge in [-0.25, -0.2) is 0 Å². The number of anilines is 2. The van der Waals surface area contributed by atoms with E-state index in [0.29, 0.717) is 34.9 Å².